The minimum Gasteiger partial charge on any atom is -0.357 e. The summed E-state index contributed by atoms with van der Waals surface area (Å²) in [6.07, 6.45) is 1.19. The smallest absolute Gasteiger partial charge is 0.193 e. The molecule has 130 valence electrons. The average Bonchev–Trinajstić information content (AvgIpc) is 2.87. The van der Waals surface area contributed by atoms with E-state index in [2.05, 4.69) is 36.0 Å². The summed E-state index contributed by atoms with van der Waals surface area (Å²) in [5.41, 5.74) is 0.350. The predicted molar refractivity (Wildman–Crippen MR) is 109 cm³/mol. The summed E-state index contributed by atoms with van der Waals surface area (Å²) in [5, 5.41) is 3.35. The zero-order valence-electron chi connectivity index (χ0n) is 14.2. The molecule has 2 rings (SSSR count). The molecule has 1 unspecified atom stereocenters. The van der Waals surface area contributed by atoms with Crippen molar-refractivity contribution < 1.29 is 4.21 Å². The molecule has 4 nitrogen and oxygen atoms in total. The second-order valence-electron chi connectivity index (χ2n) is 6.43. The Hall–Kier alpha value is -0.630. The molecule has 23 heavy (non-hydrogen) atoms. The molecule has 6 heteroatoms. The number of benzene rings is 1. The van der Waals surface area contributed by atoms with Crippen LogP contribution in [0.25, 0.3) is 0 Å². The van der Waals surface area contributed by atoms with Crippen LogP contribution < -0.4 is 5.32 Å². The summed E-state index contributed by atoms with van der Waals surface area (Å²) < 4.78 is 12.2. The lowest BCUT2D eigenvalue weighted by Gasteiger charge is -2.23. The zero-order valence-corrected chi connectivity index (χ0v) is 17.4. The Balaban J connectivity index is 0.00000264. The number of guanidine groups is 1. The molecule has 0 saturated carbocycles. The van der Waals surface area contributed by atoms with E-state index in [4.69, 9.17) is 0 Å². The first-order chi connectivity index (χ1) is 10.5. The molecule has 0 bridgehead atoms. The van der Waals surface area contributed by atoms with Gasteiger partial charge < -0.3 is 10.2 Å². The first-order valence-corrected chi connectivity index (χ1v) is 9.30. The summed E-state index contributed by atoms with van der Waals surface area (Å²) in [6, 6.07) is 9.61. The monoisotopic (exact) mass is 449 g/mol. The van der Waals surface area contributed by atoms with Crippen LogP contribution in [0.1, 0.15) is 27.2 Å². The van der Waals surface area contributed by atoms with Gasteiger partial charge in [0.05, 0.1) is 17.3 Å². The Morgan fingerprint density at radius 2 is 2.04 bits per heavy atom. The molecule has 1 heterocycles. The highest BCUT2D eigenvalue weighted by atomic mass is 127. The number of rotatable bonds is 5. The van der Waals surface area contributed by atoms with Crippen molar-refractivity contribution in [2.45, 2.75) is 32.1 Å². The Morgan fingerprint density at radius 1 is 1.35 bits per heavy atom. The van der Waals surface area contributed by atoms with E-state index in [9.17, 15) is 4.21 Å². The van der Waals surface area contributed by atoms with Crippen molar-refractivity contribution in [3.63, 3.8) is 0 Å². The van der Waals surface area contributed by atoms with Gasteiger partial charge in [0.25, 0.3) is 0 Å². The standard InChI is InChI=1S/C17H27N3OS.HI/c1-4-18-16(20-12-10-17(2,3)14-20)19-11-13-22(21)15-8-6-5-7-9-15;/h5-9H,4,10-14H2,1-3H3,(H,18,19);1H. The highest BCUT2D eigenvalue weighted by Crippen LogP contribution is 2.28. The molecule has 1 aliphatic rings. The van der Waals surface area contributed by atoms with Crippen molar-refractivity contribution in [3.05, 3.63) is 30.3 Å². The maximum absolute atomic E-state index is 12.2. The van der Waals surface area contributed by atoms with Crippen LogP contribution in [0.2, 0.25) is 0 Å². The van der Waals surface area contributed by atoms with Crippen LogP contribution in [0, 0.1) is 5.41 Å². The van der Waals surface area contributed by atoms with Gasteiger partial charge in [0.1, 0.15) is 0 Å². The molecule has 1 atom stereocenters. The van der Waals surface area contributed by atoms with Gasteiger partial charge in [-0.25, -0.2) is 0 Å². The molecule has 1 fully saturated rings. The van der Waals surface area contributed by atoms with Crippen LogP contribution in [-0.2, 0) is 10.8 Å². The minimum absolute atomic E-state index is 0. The van der Waals surface area contributed by atoms with E-state index in [1.807, 2.05) is 30.3 Å². The minimum atomic E-state index is -0.974. The van der Waals surface area contributed by atoms with Crippen LogP contribution in [0.5, 0.6) is 0 Å². The Labute approximate surface area is 159 Å². The molecular formula is C17H28IN3OS. The number of aliphatic imine (C=N–C) groups is 1. The molecule has 0 spiro atoms. The number of likely N-dealkylation sites (tertiary alicyclic amines) is 1. The fourth-order valence-corrected chi connectivity index (χ4v) is 3.60. The summed E-state index contributed by atoms with van der Waals surface area (Å²) in [7, 11) is -0.974. The van der Waals surface area contributed by atoms with Gasteiger partial charge in [-0.1, -0.05) is 32.0 Å². The molecule has 1 aromatic rings. The molecule has 1 aromatic carbocycles. The zero-order chi connectivity index (χ0) is 16.0. The third-order valence-corrected chi connectivity index (χ3v) is 5.21. The highest BCUT2D eigenvalue weighted by molar-refractivity contribution is 14.0. The Kier molecular flexibility index (Phi) is 8.53. The van der Waals surface area contributed by atoms with Gasteiger partial charge in [0.15, 0.2) is 5.96 Å². The largest absolute Gasteiger partial charge is 0.357 e. The van der Waals surface area contributed by atoms with Gasteiger partial charge in [0, 0.05) is 30.3 Å². The summed E-state index contributed by atoms with van der Waals surface area (Å²) in [5.74, 6) is 1.52. The molecule has 0 aromatic heterocycles. The molecule has 1 aliphatic heterocycles. The molecule has 1 N–H and O–H groups in total. The van der Waals surface area contributed by atoms with Gasteiger partial charge >= 0.3 is 0 Å². The fourth-order valence-electron chi connectivity index (χ4n) is 2.64. The van der Waals surface area contributed by atoms with Crippen LogP contribution in [0.4, 0.5) is 0 Å². The number of hydrogen-bond acceptors (Lipinski definition) is 2. The van der Waals surface area contributed by atoms with Crippen LogP contribution in [0.15, 0.2) is 40.2 Å². The summed E-state index contributed by atoms with van der Waals surface area (Å²) in [6.45, 7) is 10.2. The maximum atomic E-state index is 12.2. The average molecular weight is 449 g/mol. The van der Waals surface area contributed by atoms with Gasteiger partial charge in [-0.15, -0.1) is 24.0 Å². The van der Waals surface area contributed by atoms with E-state index in [0.29, 0.717) is 17.7 Å². The van der Waals surface area contributed by atoms with Crippen molar-refractivity contribution in [2.75, 3.05) is 31.9 Å². The topological polar surface area (TPSA) is 44.7 Å². The molecular weight excluding hydrogens is 421 g/mol. The van der Waals surface area contributed by atoms with Crippen LogP contribution in [-0.4, -0.2) is 47.0 Å². The van der Waals surface area contributed by atoms with E-state index < -0.39 is 10.8 Å². The van der Waals surface area contributed by atoms with Crippen LogP contribution >= 0.6 is 24.0 Å². The second-order valence-corrected chi connectivity index (χ2v) is 8.00. The molecule has 0 aliphatic carbocycles. The quantitative estimate of drug-likeness (QED) is 0.427. The van der Waals surface area contributed by atoms with Gasteiger partial charge in [0.2, 0.25) is 0 Å². The van der Waals surface area contributed by atoms with E-state index in [-0.39, 0.29) is 24.0 Å². The fraction of sp³-hybridized carbons (Fsp3) is 0.588. The van der Waals surface area contributed by atoms with E-state index in [1.54, 1.807) is 0 Å². The SMILES string of the molecule is CCNC(=NCCS(=O)c1ccccc1)N1CCC(C)(C)C1.I. The van der Waals surface area contributed by atoms with E-state index in [0.717, 1.165) is 30.5 Å². The van der Waals surface area contributed by atoms with Crippen molar-refractivity contribution in [2.24, 2.45) is 10.4 Å². The van der Waals surface area contributed by atoms with Crippen molar-refractivity contribution in [1.82, 2.24) is 10.2 Å². The number of nitrogens with one attached hydrogen (secondary N) is 1. The molecule has 0 radical (unpaired) electrons. The second kappa shape index (κ2) is 9.61. The Bertz CT molecular complexity index is 534. The van der Waals surface area contributed by atoms with E-state index >= 15 is 0 Å². The third-order valence-electron chi connectivity index (χ3n) is 3.86. The normalized spacial score (nSPS) is 18.4. The van der Waals surface area contributed by atoms with Crippen molar-refractivity contribution in [1.29, 1.82) is 0 Å². The lowest BCUT2D eigenvalue weighted by Crippen LogP contribution is -2.41. The van der Waals surface area contributed by atoms with E-state index in [1.165, 1.54) is 6.42 Å². The lowest BCUT2D eigenvalue weighted by atomic mass is 9.93. The van der Waals surface area contributed by atoms with Crippen LogP contribution in [0.3, 0.4) is 0 Å². The lowest BCUT2D eigenvalue weighted by molar-refractivity contribution is 0.370. The van der Waals surface area contributed by atoms with Gasteiger partial charge in [-0.3, -0.25) is 9.20 Å². The number of halogens is 1. The molecule has 1 saturated heterocycles. The highest BCUT2D eigenvalue weighted by Gasteiger charge is 2.30. The Morgan fingerprint density at radius 3 is 2.61 bits per heavy atom. The summed E-state index contributed by atoms with van der Waals surface area (Å²) >= 11 is 0. The van der Waals surface area contributed by atoms with Gasteiger partial charge in [-0.2, -0.15) is 0 Å². The maximum Gasteiger partial charge on any atom is 0.193 e. The number of nitrogens with zero attached hydrogens (tertiary/aromatic N) is 2. The van der Waals surface area contributed by atoms with Crippen molar-refractivity contribution in [3.8, 4) is 0 Å². The molecule has 0 amide bonds. The third kappa shape index (κ3) is 6.41. The van der Waals surface area contributed by atoms with Gasteiger partial charge in [-0.05, 0) is 30.9 Å². The summed E-state index contributed by atoms with van der Waals surface area (Å²) in [4.78, 5) is 7.86. The first kappa shape index (κ1) is 20.4. The number of hydrogen-bond donors (Lipinski definition) is 1. The predicted octanol–water partition coefficient (Wildman–Crippen LogP) is 3.11. The van der Waals surface area contributed by atoms with Crippen molar-refractivity contribution >= 4 is 40.7 Å². The first-order valence-electron chi connectivity index (χ1n) is 7.98.